The van der Waals surface area contributed by atoms with Gasteiger partial charge in [0.1, 0.15) is 5.82 Å². The molecule has 1 aromatic heterocycles. The maximum atomic E-state index is 6.02. The molecule has 0 amide bonds. The Morgan fingerprint density at radius 2 is 1.88 bits per heavy atom. The van der Waals surface area contributed by atoms with Gasteiger partial charge in [0.2, 0.25) is 0 Å². The lowest BCUT2D eigenvalue weighted by Crippen LogP contribution is -2.15. The Labute approximate surface area is 107 Å². The largest absolute Gasteiger partial charge is 0.373 e. The second kappa shape index (κ2) is 4.19. The van der Waals surface area contributed by atoms with Crippen molar-refractivity contribution in [3.05, 3.63) is 34.9 Å². The van der Waals surface area contributed by atoms with E-state index in [1.807, 2.05) is 25.2 Å². The monoisotopic (exact) mass is 248 g/mol. The minimum atomic E-state index is 0.0574. The van der Waals surface area contributed by atoms with Gasteiger partial charge in [0.15, 0.2) is 0 Å². The molecule has 0 atom stereocenters. The van der Waals surface area contributed by atoms with Crippen molar-refractivity contribution < 1.29 is 0 Å². The van der Waals surface area contributed by atoms with E-state index in [2.05, 4.69) is 37.1 Å². The molecule has 90 valence electrons. The summed E-state index contributed by atoms with van der Waals surface area (Å²) in [6.45, 7) is 6.55. The maximum Gasteiger partial charge on any atom is 0.130 e. The molecule has 0 spiro atoms. The number of aromatic nitrogens is 1. The molecule has 0 bridgehead atoms. The number of rotatable bonds is 1. The maximum absolute atomic E-state index is 6.02. The number of halogens is 1. The molecule has 0 radical (unpaired) electrons. The molecule has 1 aromatic carbocycles. The summed E-state index contributed by atoms with van der Waals surface area (Å²) in [6, 6.07) is 7.94. The molecule has 3 heteroatoms. The van der Waals surface area contributed by atoms with Gasteiger partial charge in [-0.1, -0.05) is 32.4 Å². The van der Waals surface area contributed by atoms with Crippen LogP contribution in [0.25, 0.3) is 10.9 Å². The molecular formula is C14H17ClN2. The third-order valence-corrected chi connectivity index (χ3v) is 3.06. The van der Waals surface area contributed by atoms with Crippen molar-refractivity contribution in [2.75, 3.05) is 12.4 Å². The first-order valence-electron chi connectivity index (χ1n) is 5.70. The third kappa shape index (κ3) is 2.37. The molecule has 2 nitrogen and oxygen atoms in total. The number of nitrogens with one attached hydrogen (secondary N) is 1. The highest BCUT2D eigenvalue weighted by Crippen LogP contribution is 2.31. The quantitative estimate of drug-likeness (QED) is 0.817. The van der Waals surface area contributed by atoms with Crippen LogP contribution in [0.2, 0.25) is 5.02 Å². The smallest absolute Gasteiger partial charge is 0.130 e. The molecule has 0 aliphatic carbocycles. The van der Waals surface area contributed by atoms with Gasteiger partial charge in [0, 0.05) is 23.0 Å². The van der Waals surface area contributed by atoms with Gasteiger partial charge in [-0.3, -0.25) is 0 Å². The lowest BCUT2D eigenvalue weighted by molar-refractivity contribution is 0.591. The number of hydrogen-bond donors (Lipinski definition) is 1. The first kappa shape index (κ1) is 12.2. The predicted molar refractivity (Wildman–Crippen MR) is 75.0 cm³/mol. The molecule has 17 heavy (non-hydrogen) atoms. The first-order valence-corrected chi connectivity index (χ1v) is 6.08. The van der Waals surface area contributed by atoms with Gasteiger partial charge < -0.3 is 5.32 Å². The van der Waals surface area contributed by atoms with Gasteiger partial charge in [-0.15, -0.1) is 0 Å². The number of benzene rings is 1. The molecule has 2 aromatic rings. The van der Waals surface area contributed by atoms with E-state index in [1.165, 1.54) is 5.56 Å². The van der Waals surface area contributed by atoms with Crippen molar-refractivity contribution in [3.8, 4) is 0 Å². The van der Waals surface area contributed by atoms with Crippen LogP contribution in [0.15, 0.2) is 24.3 Å². The van der Waals surface area contributed by atoms with Gasteiger partial charge >= 0.3 is 0 Å². The fraction of sp³-hybridized carbons (Fsp3) is 0.357. The van der Waals surface area contributed by atoms with Crippen LogP contribution in [0, 0.1) is 0 Å². The van der Waals surface area contributed by atoms with E-state index in [-0.39, 0.29) is 5.41 Å². The average Bonchev–Trinajstić information content (AvgIpc) is 2.26. The van der Waals surface area contributed by atoms with Crippen LogP contribution in [-0.4, -0.2) is 12.0 Å². The average molecular weight is 249 g/mol. The molecule has 0 saturated heterocycles. The van der Waals surface area contributed by atoms with Crippen LogP contribution in [0.3, 0.4) is 0 Å². The molecule has 0 unspecified atom stereocenters. The Morgan fingerprint density at radius 1 is 1.18 bits per heavy atom. The topological polar surface area (TPSA) is 24.9 Å². The fourth-order valence-electron chi connectivity index (χ4n) is 1.91. The standard InChI is InChI=1S/C14H17ClN2/c1-14(2,3)11-8-9-7-10(15)5-6-12(9)17-13(11)16-4/h5-8H,1-4H3,(H,16,17). The van der Waals surface area contributed by atoms with Crippen LogP contribution in [0.5, 0.6) is 0 Å². The Kier molecular flexibility index (Phi) is 3.00. The van der Waals surface area contributed by atoms with Crippen molar-refractivity contribution in [1.29, 1.82) is 0 Å². The van der Waals surface area contributed by atoms with E-state index >= 15 is 0 Å². The van der Waals surface area contributed by atoms with Crippen LogP contribution in [-0.2, 0) is 5.41 Å². The Balaban J connectivity index is 2.74. The van der Waals surface area contributed by atoms with Crippen molar-refractivity contribution in [2.24, 2.45) is 0 Å². The molecule has 0 aliphatic heterocycles. The van der Waals surface area contributed by atoms with Crippen molar-refractivity contribution in [2.45, 2.75) is 26.2 Å². The number of nitrogens with zero attached hydrogens (tertiary/aromatic N) is 1. The van der Waals surface area contributed by atoms with E-state index in [4.69, 9.17) is 11.6 Å². The second-order valence-corrected chi connectivity index (χ2v) is 5.66. The van der Waals surface area contributed by atoms with Crippen LogP contribution >= 0.6 is 11.6 Å². The lowest BCUT2D eigenvalue weighted by atomic mass is 9.86. The molecule has 0 fully saturated rings. The summed E-state index contributed by atoms with van der Waals surface area (Å²) in [4.78, 5) is 4.63. The second-order valence-electron chi connectivity index (χ2n) is 5.22. The van der Waals surface area contributed by atoms with Gasteiger partial charge in [-0.05, 0) is 29.7 Å². The fourth-order valence-corrected chi connectivity index (χ4v) is 2.09. The molecule has 1 heterocycles. The lowest BCUT2D eigenvalue weighted by Gasteiger charge is -2.22. The highest BCUT2D eigenvalue weighted by atomic mass is 35.5. The third-order valence-electron chi connectivity index (χ3n) is 2.82. The predicted octanol–water partition coefficient (Wildman–Crippen LogP) is 4.23. The number of hydrogen-bond acceptors (Lipinski definition) is 2. The normalized spacial score (nSPS) is 11.8. The summed E-state index contributed by atoms with van der Waals surface area (Å²) in [5.41, 5.74) is 2.23. The first-order chi connectivity index (χ1) is 7.91. The highest BCUT2D eigenvalue weighted by Gasteiger charge is 2.19. The Morgan fingerprint density at radius 3 is 2.47 bits per heavy atom. The van der Waals surface area contributed by atoms with E-state index in [9.17, 15) is 0 Å². The van der Waals surface area contributed by atoms with E-state index in [0.29, 0.717) is 0 Å². The number of fused-ring (bicyclic) bond motifs is 1. The number of anilines is 1. The van der Waals surface area contributed by atoms with E-state index < -0.39 is 0 Å². The van der Waals surface area contributed by atoms with E-state index in [1.54, 1.807) is 0 Å². The molecular weight excluding hydrogens is 232 g/mol. The zero-order chi connectivity index (χ0) is 12.6. The Bertz CT molecular complexity index is 556. The van der Waals surface area contributed by atoms with E-state index in [0.717, 1.165) is 21.7 Å². The highest BCUT2D eigenvalue weighted by molar-refractivity contribution is 6.31. The minimum Gasteiger partial charge on any atom is -0.373 e. The van der Waals surface area contributed by atoms with Gasteiger partial charge in [0.25, 0.3) is 0 Å². The van der Waals surface area contributed by atoms with Crippen LogP contribution in [0.4, 0.5) is 5.82 Å². The zero-order valence-corrected chi connectivity index (χ0v) is 11.4. The van der Waals surface area contributed by atoms with Crippen molar-refractivity contribution in [3.63, 3.8) is 0 Å². The Hall–Kier alpha value is -1.28. The van der Waals surface area contributed by atoms with Gasteiger partial charge in [-0.2, -0.15) is 0 Å². The summed E-state index contributed by atoms with van der Waals surface area (Å²) in [5, 5.41) is 5.00. The number of pyridine rings is 1. The van der Waals surface area contributed by atoms with Crippen LogP contribution in [0.1, 0.15) is 26.3 Å². The summed E-state index contributed by atoms with van der Waals surface area (Å²) < 4.78 is 0. The summed E-state index contributed by atoms with van der Waals surface area (Å²) in [5.74, 6) is 0.937. The van der Waals surface area contributed by atoms with Crippen LogP contribution < -0.4 is 5.32 Å². The van der Waals surface area contributed by atoms with Crippen molar-refractivity contribution in [1.82, 2.24) is 4.98 Å². The molecule has 1 N–H and O–H groups in total. The molecule has 2 rings (SSSR count). The van der Waals surface area contributed by atoms with Crippen molar-refractivity contribution >= 4 is 28.3 Å². The van der Waals surface area contributed by atoms with Gasteiger partial charge in [0.05, 0.1) is 5.52 Å². The molecule has 0 saturated carbocycles. The molecule has 0 aliphatic rings. The minimum absolute atomic E-state index is 0.0574. The SMILES string of the molecule is CNc1nc2ccc(Cl)cc2cc1C(C)(C)C. The summed E-state index contributed by atoms with van der Waals surface area (Å²) in [7, 11) is 1.90. The zero-order valence-electron chi connectivity index (χ0n) is 10.6. The summed E-state index contributed by atoms with van der Waals surface area (Å²) in [6.07, 6.45) is 0. The van der Waals surface area contributed by atoms with Gasteiger partial charge in [-0.25, -0.2) is 4.98 Å². The summed E-state index contributed by atoms with van der Waals surface area (Å²) >= 11 is 6.02.